The second kappa shape index (κ2) is 2.10. The highest BCUT2D eigenvalue weighted by atomic mass is 35.5. The van der Waals surface area contributed by atoms with Crippen LogP contribution in [-0.4, -0.2) is 22.4 Å². The molecule has 4 bridgehead atoms. The molecule has 14 heavy (non-hydrogen) atoms. The third kappa shape index (κ3) is 0.609. The minimum Gasteiger partial charge on any atom is -0.392 e. The molecule has 0 aromatic heterocycles. The number of aliphatic hydroxyl groups excluding tert-OH is 1. The Labute approximate surface area is 86.9 Å². The lowest BCUT2D eigenvalue weighted by Crippen LogP contribution is -2.44. The maximum atomic E-state index is 12.0. The summed E-state index contributed by atoms with van der Waals surface area (Å²) in [5, 5.41) is 10.2. The Morgan fingerprint density at radius 3 is 2.14 bits per heavy atom. The van der Waals surface area contributed by atoms with Crippen molar-refractivity contribution in [1.29, 1.82) is 0 Å². The molecule has 4 rings (SSSR count). The molecule has 4 aliphatic rings. The Morgan fingerprint density at radius 2 is 1.64 bits per heavy atom. The number of halogens is 1. The first kappa shape index (κ1) is 7.89. The number of aliphatic hydroxyl groups is 1. The maximum Gasteiger partial charge on any atom is 0.141 e. The Hall–Kier alpha value is -0.340. The van der Waals surface area contributed by atoms with E-state index in [0.717, 1.165) is 0 Å². The topological polar surface area (TPSA) is 37.3 Å². The second-order valence-corrected chi connectivity index (χ2v) is 5.59. The molecule has 0 spiro atoms. The lowest BCUT2D eigenvalue weighted by atomic mass is 9.72. The molecule has 0 aromatic rings. The number of ketones is 1. The first-order valence-corrected chi connectivity index (χ1v) is 5.69. The lowest BCUT2D eigenvalue weighted by molar-refractivity contribution is -0.134. The van der Waals surface area contributed by atoms with Crippen molar-refractivity contribution >= 4 is 17.4 Å². The van der Waals surface area contributed by atoms with Crippen LogP contribution < -0.4 is 0 Å². The van der Waals surface area contributed by atoms with E-state index in [1.165, 1.54) is 0 Å². The van der Waals surface area contributed by atoms with Crippen molar-refractivity contribution in [3.8, 4) is 0 Å². The smallest absolute Gasteiger partial charge is 0.141 e. The van der Waals surface area contributed by atoms with Crippen LogP contribution in [0.3, 0.4) is 0 Å². The van der Waals surface area contributed by atoms with Gasteiger partial charge in [0, 0.05) is 29.0 Å². The van der Waals surface area contributed by atoms with Crippen molar-refractivity contribution in [3.63, 3.8) is 0 Å². The fraction of sp³-hybridized carbons (Fsp3) is 0.727. The Bertz CT molecular complexity index is 334. The first-order chi connectivity index (χ1) is 6.72. The molecule has 0 amide bonds. The van der Waals surface area contributed by atoms with Gasteiger partial charge in [0.1, 0.15) is 5.78 Å². The van der Waals surface area contributed by atoms with Gasteiger partial charge in [0.2, 0.25) is 0 Å². The van der Waals surface area contributed by atoms with E-state index in [9.17, 15) is 9.90 Å². The fourth-order valence-corrected chi connectivity index (χ4v) is 4.66. The van der Waals surface area contributed by atoms with Crippen LogP contribution >= 0.6 is 11.6 Å². The SMILES string of the molecule is O=C1[C@@H]2[C@@H]3C(Cl)[C@@H]3[C@H]1[C@@H]1C=C[C@H]2C1O. The Morgan fingerprint density at radius 1 is 1.14 bits per heavy atom. The van der Waals surface area contributed by atoms with E-state index in [0.29, 0.717) is 17.6 Å². The summed E-state index contributed by atoms with van der Waals surface area (Å²) in [4.78, 5) is 12.0. The summed E-state index contributed by atoms with van der Waals surface area (Å²) in [6, 6.07) is 0. The molecule has 2 nitrogen and oxygen atoms in total. The van der Waals surface area contributed by atoms with Gasteiger partial charge >= 0.3 is 0 Å². The summed E-state index contributed by atoms with van der Waals surface area (Å²) in [6.45, 7) is 0. The third-order valence-electron chi connectivity index (χ3n) is 4.70. The van der Waals surface area contributed by atoms with Gasteiger partial charge in [-0.2, -0.15) is 0 Å². The van der Waals surface area contributed by atoms with Crippen molar-refractivity contribution in [2.75, 3.05) is 0 Å². The highest BCUT2D eigenvalue weighted by molar-refractivity contribution is 6.24. The minimum absolute atomic E-state index is 0.0394. The van der Waals surface area contributed by atoms with Crippen LogP contribution in [0.15, 0.2) is 12.2 Å². The van der Waals surface area contributed by atoms with E-state index < -0.39 is 0 Å². The molecular weight excluding hydrogens is 200 g/mol. The summed E-state index contributed by atoms with van der Waals surface area (Å²) in [5.41, 5.74) is 0. The van der Waals surface area contributed by atoms with E-state index in [2.05, 4.69) is 0 Å². The number of fused-ring (bicyclic) bond motifs is 9. The average molecular weight is 211 g/mol. The molecule has 3 heteroatoms. The number of alkyl halides is 1. The highest BCUT2D eigenvalue weighted by Gasteiger charge is 2.73. The monoisotopic (exact) mass is 210 g/mol. The molecule has 4 aliphatic carbocycles. The van der Waals surface area contributed by atoms with Crippen LogP contribution in [0.25, 0.3) is 0 Å². The maximum absolute atomic E-state index is 12.0. The van der Waals surface area contributed by atoms with Crippen molar-refractivity contribution in [3.05, 3.63) is 12.2 Å². The number of carbonyl (C=O) groups excluding carboxylic acids is 1. The molecule has 0 aliphatic heterocycles. The normalized spacial score (nSPS) is 67.1. The predicted molar refractivity (Wildman–Crippen MR) is 50.7 cm³/mol. The summed E-state index contributed by atoms with van der Waals surface area (Å²) in [5.74, 6) is 1.36. The van der Waals surface area contributed by atoms with Gasteiger partial charge in [-0.25, -0.2) is 0 Å². The molecule has 74 valence electrons. The number of hydrogen-bond donors (Lipinski definition) is 1. The molecule has 8 atom stereocenters. The zero-order chi connectivity index (χ0) is 9.61. The van der Waals surface area contributed by atoms with E-state index in [1.54, 1.807) is 0 Å². The molecule has 0 heterocycles. The van der Waals surface area contributed by atoms with Gasteiger partial charge < -0.3 is 5.11 Å². The van der Waals surface area contributed by atoms with Crippen molar-refractivity contribution < 1.29 is 9.90 Å². The van der Waals surface area contributed by atoms with E-state index in [4.69, 9.17) is 11.6 Å². The Balaban J connectivity index is 1.87. The van der Waals surface area contributed by atoms with Gasteiger partial charge in [-0.15, -0.1) is 11.6 Å². The van der Waals surface area contributed by atoms with Gasteiger partial charge in [0.15, 0.2) is 0 Å². The largest absolute Gasteiger partial charge is 0.392 e. The van der Waals surface area contributed by atoms with E-state index >= 15 is 0 Å². The van der Waals surface area contributed by atoms with Gasteiger partial charge in [-0.1, -0.05) is 12.2 Å². The lowest BCUT2D eigenvalue weighted by Gasteiger charge is -2.34. The summed E-state index contributed by atoms with van der Waals surface area (Å²) in [6.07, 6.45) is 3.77. The van der Waals surface area contributed by atoms with E-state index in [-0.39, 0.29) is 35.2 Å². The van der Waals surface area contributed by atoms with Crippen LogP contribution in [0.5, 0.6) is 0 Å². The van der Waals surface area contributed by atoms with Crippen LogP contribution in [0.1, 0.15) is 0 Å². The van der Waals surface area contributed by atoms with Crippen molar-refractivity contribution in [2.45, 2.75) is 11.5 Å². The fourth-order valence-electron chi connectivity index (χ4n) is 4.09. The number of rotatable bonds is 0. The highest BCUT2D eigenvalue weighted by Crippen LogP contribution is 2.68. The van der Waals surface area contributed by atoms with Crippen LogP contribution in [0.2, 0.25) is 0 Å². The van der Waals surface area contributed by atoms with Crippen molar-refractivity contribution in [1.82, 2.24) is 0 Å². The van der Waals surface area contributed by atoms with Crippen LogP contribution in [-0.2, 0) is 4.79 Å². The molecule has 0 radical (unpaired) electrons. The first-order valence-electron chi connectivity index (χ1n) is 5.26. The van der Waals surface area contributed by atoms with Crippen molar-refractivity contribution in [2.24, 2.45) is 35.5 Å². The zero-order valence-corrected chi connectivity index (χ0v) is 8.26. The summed E-state index contributed by atoms with van der Waals surface area (Å²) >= 11 is 6.17. The molecule has 1 N–H and O–H groups in total. The third-order valence-corrected chi connectivity index (χ3v) is 5.28. The van der Waals surface area contributed by atoms with Crippen LogP contribution in [0, 0.1) is 35.5 Å². The van der Waals surface area contributed by atoms with Gasteiger partial charge in [0.05, 0.1) is 6.10 Å². The molecule has 3 saturated carbocycles. The second-order valence-electron chi connectivity index (χ2n) is 5.08. The quantitative estimate of drug-likeness (QED) is 0.475. The molecule has 0 aromatic carbocycles. The van der Waals surface area contributed by atoms with Gasteiger partial charge in [0.25, 0.3) is 0 Å². The summed E-state index contributed by atoms with van der Waals surface area (Å²) in [7, 11) is 0. The number of Topliss-reactive ketones (excluding diaryl/α,β-unsaturated/α-hetero) is 1. The molecular formula is C11H11ClO2. The standard InChI is InChI=1S/C11H11ClO2/c12-9-7-5-3-1-2-4(10(3)13)6(8(7)9)11(5)14/h1-10,13H/t3-,4+,5+,6-,7+,8-,9?,10?. The molecule has 0 saturated heterocycles. The zero-order valence-electron chi connectivity index (χ0n) is 7.51. The van der Waals surface area contributed by atoms with Gasteiger partial charge in [-0.3, -0.25) is 4.79 Å². The predicted octanol–water partition coefficient (Wildman–Crippen LogP) is 0.832. The van der Waals surface area contributed by atoms with Gasteiger partial charge in [-0.05, 0) is 11.8 Å². The van der Waals surface area contributed by atoms with E-state index in [1.807, 2.05) is 12.2 Å². The summed E-state index contributed by atoms with van der Waals surface area (Å²) < 4.78 is 0. The molecule has 3 fully saturated rings. The Kier molecular flexibility index (Phi) is 1.18. The number of hydrogen-bond acceptors (Lipinski definition) is 2. The number of carbonyl (C=O) groups is 1. The molecule has 2 unspecified atom stereocenters. The minimum atomic E-state index is -0.306. The average Bonchev–Trinajstić information content (AvgIpc) is 2.50. The van der Waals surface area contributed by atoms with Crippen LogP contribution in [0.4, 0.5) is 0 Å².